The molecule has 2 aromatic carbocycles. The number of amides is 1. The van der Waals surface area contributed by atoms with Crippen molar-refractivity contribution in [2.24, 2.45) is 0 Å². The van der Waals surface area contributed by atoms with Gasteiger partial charge in [-0.05, 0) is 30.3 Å². The summed E-state index contributed by atoms with van der Waals surface area (Å²) in [5, 5.41) is 27.9. The zero-order valence-corrected chi connectivity index (χ0v) is 14.8. The Labute approximate surface area is 164 Å². The maximum atomic E-state index is 12.6. The van der Waals surface area contributed by atoms with Gasteiger partial charge in [0.1, 0.15) is 11.6 Å². The van der Waals surface area contributed by atoms with Crippen LogP contribution in [0.5, 0.6) is 0 Å². The Hall–Kier alpha value is -4.58. The van der Waals surface area contributed by atoms with Crippen LogP contribution < -0.4 is 5.32 Å². The first-order valence-corrected chi connectivity index (χ1v) is 8.47. The van der Waals surface area contributed by atoms with Crippen molar-refractivity contribution in [2.45, 2.75) is 0 Å². The van der Waals surface area contributed by atoms with Gasteiger partial charge in [0.05, 0.1) is 16.6 Å². The van der Waals surface area contributed by atoms with Crippen molar-refractivity contribution in [1.82, 2.24) is 14.8 Å². The summed E-state index contributed by atoms with van der Waals surface area (Å²) in [6.45, 7) is 0. The molecular formula is C20H12N6O3. The molecule has 2 heterocycles. The van der Waals surface area contributed by atoms with Crippen LogP contribution in [-0.4, -0.2) is 25.6 Å². The highest BCUT2D eigenvalue weighted by Gasteiger charge is 2.18. The summed E-state index contributed by atoms with van der Waals surface area (Å²) < 4.78 is 1.37. The lowest BCUT2D eigenvalue weighted by Gasteiger charge is -2.10. The molecule has 4 rings (SSSR count). The van der Waals surface area contributed by atoms with Crippen LogP contribution in [0.2, 0.25) is 0 Å². The fraction of sp³-hybridized carbons (Fsp3) is 0. The van der Waals surface area contributed by atoms with Gasteiger partial charge in [-0.3, -0.25) is 14.9 Å². The number of pyridine rings is 1. The van der Waals surface area contributed by atoms with Crippen LogP contribution in [0.1, 0.15) is 15.9 Å². The molecular weight excluding hydrogens is 372 g/mol. The molecule has 2 aromatic heterocycles. The lowest BCUT2D eigenvalue weighted by molar-refractivity contribution is -0.384. The Balaban J connectivity index is 1.70. The number of non-ortho nitro benzene ring substituents is 1. The normalized spacial score (nSPS) is 10.4. The number of nitro benzene ring substituents is 1. The summed E-state index contributed by atoms with van der Waals surface area (Å²) in [6.07, 6.45) is 1.34. The van der Waals surface area contributed by atoms with Gasteiger partial charge in [-0.25, -0.2) is 4.98 Å². The fourth-order valence-corrected chi connectivity index (χ4v) is 2.81. The van der Waals surface area contributed by atoms with Crippen LogP contribution in [0.3, 0.4) is 0 Å². The molecule has 0 spiro atoms. The molecule has 0 atom stereocenters. The number of nitriles is 1. The maximum Gasteiger partial charge on any atom is 0.269 e. The van der Waals surface area contributed by atoms with Gasteiger partial charge in [0.2, 0.25) is 0 Å². The molecule has 0 radical (unpaired) electrons. The summed E-state index contributed by atoms with van der Waals surface area (Å²) in [5.41, 5.74) is 0.991. The van der Waals surface area contributed by atoms with E-state index in [2.05, 4.69) is 15.4 Å². The Morgan fingerprint density at radius 2 is 1.86 bits per heavy atom. The van der Waals surface area contributed by atoms with E-state index in [0.717, 1.165) is 10.9 Å². The number of para-hydroxylation sites is 1. The number of hydrogen-bond donors (Lipinski definition) is 1. The number of fused-ring (bicyclic) bond motifs is 1. The van der Waals surface area contributed by atoms with Crippen LogP contribution in [-0.2, 0) is 0 Å². The third-order valence-electron chi connectivity index (χ3n) is 4.26. The number of benzene rings is 2. The van der Waals surface area contributed by atoms with Crippen LogP contribution in [0.15, 0.2) is 66.9 Å². The number of hydrogen-bond acceptors (Lipinski definition) is 6. The van der Waals surface area contributed by atoms with Gasteiger partial charge in [0.15, 0.2) is 11.6 Å². The summed E-state index contributed by atoms with van der Waals surface area (Å²) in [6, 6.07) is 18.3. The molecule has 4 aromatic rings. The second-order valence-electron chi connectivity index (χ2n) is 6.05. The lowest BCUT2D eigenvalue weighted by atomic mass is 10.2. The second kappa shape index (κ2) is 7.21. The van der Waals surface area contributed by atoms with Crippen molar-refractivity contribution in [3.8, 4) is 11.9 Å². The van der Waals surface area contributed by atoms with Gasteiger partial charge in [0, 0.05) is 23.1 Å². The first-order chi connectivity index (χ1) is 14.1. The molecule has 0 fully saturated rings. The summed E-state index contributed by atoms with van der Waals surface area (Å²) in [5.74, 6) is 0.0711. The predicted molar refractivity (Wildman–Crippen MR) is 105 cm³/mol. The standard InChI is InChI=1S/C20H12N6O3/c21-11-15-12-22-25(18-10-7-13-3-1-2-4-17(13)23-18)19(15)24-20(27)14-5-8-16(9-6-14)26(28)29/h1-10,12H,(H,24,27). The number of carbonyl (C=O) groups is 1. The summed E-state index contributed by atoms with van der Waals surface area (Å²) in [4.78, 5) is 27.4. The second-order valence-corrected chi connectivity index (χ2v) is 6.05. The minimum atomic E-state index is -0.546. The molecule has 0 aliphatic heterocycles. The van der Waals surface area contributed by atoms with E-state index in [0.29, 0.717) is 5.82 Å². The number of nitro groups is 1. The van der Waals surface area contributed by atoms with Crippen molar-refractivity contribution < 1.29 is 9.72 Å². The van der Waals surface area contributed by atoms with Gasteiger partial charge in [0.25, 0.3) is 11.6 Å². The van der Waals surface area contributed by atoms with Gasteiger partial charge in [-0.15, -0.1) is 0 Å². The van der Waals surface area contributed by atoms with Crippen molar-refractivity contribution in [3.05, 3.63) is 88.1 Å². The summed E-state index contributed by atoms with van der Waals surface area (Å²) in [7, 11) is 0. The third kappa shape index (κ3) is 3.38. The van der Waals surface area contributed by atoms with Crippen molar-refractivity contribution in [1.29, 1.82) is 5.26 Å². The van der Waals surface area contributed by atoms with E-state index in [4.69, 9.17) is 0 Å². The van der Waals surface area contributed by atoms with Gasteiger partial charge < -0.3 is 5.32 Å². The molecule has 0 unspecified atom stereocenters. The quantitative estimate of drug-likeness (QED) is 0.424. The van der Waals surface area contributed by atoms with Crippen molar-refractivity contribution in [2.75, 3.05) is 5.32 Å². The predicted octanol–water partition coefficient (Wildman–Crippen LogP) is 3.45. The van der Waals surface area contributed by atoms with E-state index in [1.54, 1.807) is 6.07 Å². The summed E-state index contributed by atoms with van der Waals surface area (Å²) >= 11 is 0. The molecule has 1 N–H and O–H groups in total. The maximum absolute atomic E-state index is 12.6. The molecule has 9 heteroatoms. The fourth-order valence-electron chi connectivity index (χ4n) is 2.81. The zero-order chi connectivity index (χ0) is 20.4. The van der Waals surface area contributed by atoms with Crippen LogP contribution in [0.25, 0.3) is 16.7 Å². The number of carbonyl (C=O) groups excluding carboxylic acids is 1. The zero-order valence-electron chi connectivity index (χ0n) is 14.8. The molecule has 1 amide bonds. The molecule has 0 aliphatic rings. The van der Waals surface area contributed by atoms with E-state index in [9.17, 15) is 20.2 Å². The topological polar surface area (TPSA) is 127 Å². The molecule has 0 saturated carbocycles. The highest BCUT2D eigenvalue weighted by molar-refractivity contribution is 6.04. The molecule has 9 nitrogen and oxygen atoms in total. The molecule has 140 valence electrons. The van der Waals surface area contributed by atoms with Gasteiger partial charge >= 0.3 is 0 Å². The largest absolute Gasteiger partial charge is 0.305 e. The minimum absolute atomic E-state index is 0.121. The van der Waals surface area contributed by atoms with Crippen LogP contribution >= 0.6 is 0 Å². The number of rotatable bonds is 4. The van der Waals surface area contributed by atoms with Crippen LogP contribution in [0, 0.1) is 21.4 Å². The van der Waals surface area contributed by atoms with E-state index < -0.39 is 10.8 Å². The SMILES string of the molecule is N#Cc1cnn(-c2ccc3ccccc3n2)c1NC(=O)c1ccc([N+](=O)[O-])cc1. The van der Waals surface area contributed by atoms with Crippen molar-refractivity contribution >= 4 is 28.3 Å². The van der Waals surface area contributed by atoms with E-state index in [1.807, 2.05) is 36.4 Å². The number of aromatic nitrogens is 3. The average molecular weight is 384 g/mol. The first-order valence-electron chi connectivity index (χ1n) is 8.47. The monoisotopic (exact) mass is 384 g/mol. The Morgan fingerprint density at radius 3 is 2.59 bits per heavy atom. The highest BCUT2D eigenvalue weighted by Crippen LogP contribution is 2.22. The van der Waals surface area contributed by atoms with Gasteiger partial charge in [-0.1, -0.05) is 18.2 Å². The molecule has 29 heavy (non-hydrogen) atoms. The average Bonchev–Trinajstić information content (AvgIpc) is 3.15. The van der Waals surface area contributed by atoms with Gasteiger partial charge in [-0.2, -0.15) is 15.0 Å². The van der Waals surface area contributed by atoms with E-state index in [-0.39, 0.29) is 22.6 Å². The van der Waals surface area contributed by atoms with Crippen molar-refractivity contribution in [3.63, 3.8) is 0 Å². The molecule has 0 bridgehead atoms. The third-order valence-corrected chi connectivity index (χ3v) is 4.26. The van der Waals surface area contributed by atoms with E-state index in [1.165, 1.54) is 35.1 Å². The van der Waals surface area contributed by atoms with Crippen LogP contribution in [0.4, 0.5) is 11.5 Å². The number of nitrogens with one attached hydrogen (secondary N) is 1. The molecule has 0 aliphatic carbocycles. The Kier molecular flexibility index (Phi) is 4.43. The Morgan fingerprint density at radius 1 is 1.10 bits per heavy atom. The highest BCUT2D eigenvalue weighted by atomic mass is 16.6. The Bertz CT molecular complexity index is 1290. The number of nitrogens with zero attached hydrogens (tertiary/aromatic N) is 5. The molecule has 0 saturated heterocycles. The first kappa shape index (κ1) is 17.8. The lowest BCUT2D eigenvalue weighted by Crippen LogP contribution is -2.16. The smallest absolute Gasteiger partial charge is 0.269 e. The van der Waals surface area contributed by atoms with E-state index >= 15 is 0 Å². The number of anilines is 1. The minimum Gasteiger partial charge on any atom is -0.305 e.